The van der Waals surface area contributed by atoms with E-state index >= 15 is 0 Å². The van der Waals surface area contributed by atoms with Gasteiger partial charge in [0.1, 0.15) is 12.4 Å². The van der Waals surface area contributed by atoms with E-state index in [1.165, 1.54) is 16.8 Å². The van der Waals surface area contributed by atoms with E-state index < -0.39 is 0 Å². The highest BCUT2D eigenvalue weighted by atomic mass is 16.5. The summed E-state index contributed by atoms with van der Waals surface area (Å²) in [6.45, 7) is 0.497. The van der Waals surface area contributed by atoms with Crippen molar-refractivity contribution in [1.82, 2.24) is 9.78 Å². The molecule has 3 N–H and O–H groups in total. The molecule has 0 atom stereocenters. The third kappa shape index (κ3) is 2.79. The van der Waals surface area contributed by atoms with Gasteiger partial charge in [-0.05, 0) is 12.1 Å². The quantitative estimate of drug-likeness (QED) is 0.755. The predicted molar refractivity (Wildman–Crippen MR) is 67.7 cm³/mol. The van der Waals surface area contributed by atoms with Crippen molar-refractivity contribution in [2.24, 2.45) is 0 Å². The highest BCUT2D eigenvalue weighted by Gasteiger charge is 2.00. The van der Waals surface area contributed by atoms with E-state index in [0.717, 1.165) is 0 Å². The third-order valence-corrected chi connectivity index (χ3v) is 2.38. The van der Waals surface area contributed by atoms with Crippen LogP contribution in [-0.2, 0) is 6.54 Å². The summed E-state index contributed by atoms with van der Waals surface area (Å²) in [6, 6.07) is 9.49. The van der Waals surface area contributed by atoms with Gasteiger partial charge in [-0.1, -0.05) is 12.1 Å². The predicted octanol–water partition coefficient (Wildman–Crippen LogP) is 0.198. The van der Waals surface area contributed by atoms with E-state index in [4.69, 9.17) is 10.5 Å². The lowest BCUT2D eigenvalue weighted by Crippen LogP contribution is -2.29. The van der Waals surface area contributed by atoms with Crippen LogP contribution in [0.3, 0.4) is 0 Å². The van der Waals surface area contributed by atoms with E-state index in [9.17, 15) is 9.59 Å². The Hall–Kier alpha value is -2.50. The SMILES string of the molecule is Nc1ccccc1OCCn1[nH]c(=O)ccc1=O. The molecule has 0 aliphatic heterocycles. The van der Waals surface area contributed by atoms with Crippen molar-refractivity contribution in [2.75, 3.05) is 12.3 Å². The molecule has 0 bridgehead atoms. The average molecular weight is 247 g/mol. The van der Waals surface area contributed by atoms with Crippen LogP contribution in [0.1, 0.15) is 0 Å². The molecular formula is C12H13N3O3. The fraction of sp³-hybridized carbons (Fsp3) is 0.167. The van der Waals surface area contributed by atoms with Gasteiger partial charge in [0.15, 0.2) is 0 Å². The zero-order valence-electron chi connectivity index (χ0n) is 9.63. The smallest absolute Gasteiger partial charge is 0.265 e. The second-order valence-corrected chi connectivity index (χ2v) is 3.69. The molecule has 0 unspecified atom stereocenters. The number of hydrogen-bond acceptors (Lipinski definition) is 4. The number of H-pyrrole nitrogens is 1. The van der Waals surface area contributed by atoms with Gasteiger partial charge in [0.25, 0.3) is 11.1 Å². The number of aromatic nitrogens is 2. The molecule has 6 nitrogen and oxygen atoms in total. The molecule has 0 amide bonds. The molecule has 2 rings (SSSR count). The third-order valence-electron chi connectivity index (χ3n) is 2.38. The van der Waals surface area contributed by atoms with Crippen LogP contribution in [0, 0.1) is 0 Å². The van der Waals surface area contributed by atoms with Crippen molar-refractivity contribution in [3.8, 4) is 5.75 Å². The Balaban J connectivity index is 2.01. The number of ether oxygens (including phenoxy) is 1. The molecule has 94 valence electrons. The molecule has 0 aliphatic carbocycles. The summed E-state index contributed by atoms with van der Waals surface area (Å²) in [5, 5.41) is 2.41. The van der Waals surface area contributed by atoms with Crippen LogP contribution in [0.2, 0.25) is 0 Å². The minimum atomic E-state index is -0.325. The Morgan fingerprint density at radius 2 is 1.94 bits per heavy atom. The molecule has 18 heavy (non-hydrogen) atoms. The van der Waals surface area contributed by atoms with Crippen LogP contribution in [-0.4, -0.2) is 16.4 Å². The van der Waals surface area contributed by atoms with Crippen LogP contribution in [0.5, 0.6) is 5.75 Å². The van der Waals surface area contributed by atoms with E-state index in [1.807, 2.05) is 6.07 Å². The van der Waals surface area contributed by atoms with Crippen LogP contribution in [0.15, 0.2) is 46.0 Å². The molecule has 1 aromatic carbocycles. The van der Waals surface area contributed by atoms with Gasteiger partial charge in [-0.15, -0.1) is 0 Å². The second-order valence-electron chi connectivity index (χ2n) is 3.69. The minimum Gasteiger partial charge on any atom is -0.489 e. The zero-order chi connectivity index (χ0) is 13.0. The Kier molecular flexibility index (Phi) is 3.47. The molecule has 0 saturated heterocycles. The van der Waals surface area contributed by atoms with Gasteiger partial charge in [-0.2, -0.15) is 0 Å². The topological polar surface area (TPSA) is 90.1 Å². The molecule has 0 saturated carbocycles. The van der Waals surface area contributed by atoms with Gasteiger partial charge in [-0.3, -0.25) is 14.7 Å². The van der Waals surface area contributed by atoms with Crippen LogP contribution < -0.4 is 21.6 Å². The minimum absolute atomic E-state index is 0.244. The van der Waals surface area contributed by atoms with E-state index in [0.29, 0.717) is 11.4 Å². The first kappa shape index (κ1) is 12.0. The molecule has 2 aromatic rings. The van der Waals surface area contributed by atoms with E-state index in [-0.39, 0.29) is 24.3 Å². The normalized spacial score (nSPS) is 10.2. The Labute approximate surface area is 103 Å². The standard InChI is InChI=1S/C12H13N3O3/c13-9-3-1-2-4-10(9)18-8-7-15-12(17)6-5-11(16)14-15/h1-6H,7-8,13H2,(H,14,16). The Morgan fingerprint density at radius 3 is 2.72 bits per heavy atom. The maximum absolute atomic E-state index is 11.4. The second kappa shape index (κ2) is 5.22. The summed E-state index contributed by atoms with van der Waals surface area (Å²) in [7, 11) is 0. The molecule has 1 heterocycles. The number of nitrogens with one attached hydrogen (secondary N) is 1. The number of nitrogens with zero attached hydrogens (tertiary/aromatic N) is 1. The highest BCUT2D eigenvalue weighted by Crippen LogP contribution is 2.19. The van der Waals surface area contributed by atoms with Crippen molar-refractivity contribution >= 4 is 5.69 Å². The summed E-state index contributed by atoms with van der Waals surface area (Å²) < 4.78 is 6.62. The number of nitrogens with two attached hydrogens (primary N) is 1. The number of hydrogen-bond donors (Lipinski definition) is 2. The van der Waals surface area contributed by atoms with Crippen LogP contribution >= 0.6 is 0 Å². The first-order chi connectivity index (χ1) is 8.66. The number of aromatic amines is 1. The monoisotopic (exact) mass is 247 g/mol. The first-order valence-electron chi connectivity index (χ1n) is 5.44. The number of rotatable bonds is 4. The fourth-order valence-corrected chi connectivity index (χ4v) is 1.49. The van der Waals surface area contributed by atoms with Crippen LogP contribution in [0.4, 0.5) is 5.69 Å². The Morgan fingerprint density at radius 1 is 1.17 bits per heavy atom. The molecule has 0 fully saturated rings. The van der Waals surface area contributed by atoms with Gasteiger partial charge in [0.05, 0.1) is 12.2 Å². The van der Waals surface area contributed by atoms with E-state index in [1.54, 1.807) is 18.2 Å². The summed E-state index contributed by atoms with van der Waals surface area (Å²) >= 11 is 0. The zero-order valence-corrected chi connectivity index (χ0v) is 9.63. The number of nitrogen functional groups attached to an aromatic ring is 1. The summed E-state index contributed by atoms with van der Waals surface area (Å²) in [4.78, 5) is 22.4. The van der Waals surface area contributed by atoms with Crippen molar-refractivity contribution in [3.05, 3.63) is 57.1 Å². The lowest BCUT2D eigenvalue weighted by molar-refractivity contribution is 0.288. The van der Waals surface area contributed by atoms with Gasteiger partial charge >= 0.3 is 0 Å². The molecule has 0 spiro atoms. The van der Waals surface area contributed by atoms with E-state index in [2.05, 4.69) is 5.10 Å². The van der Waals surface area contributed by atoms with Crippen molar-refractivity contribution in [2.45, 2.75) is 6.54 Å². The molecule has 6 heteroatoms. The van der Waals surface area contributed by atoms with Gasteiger partial charge in [0, 0.05) is 12.1 Å². The lowest BCUT2D eigenvalue weighted by atomic mass is 10.3. The largest absolute Gasteiger partial charge is 0.489 e. The maximum Gasteiger partial charge on any atom is 0.265 e. The van der Waals surface area contributed by atoms with Crippen LogP contribution in [0.25, 0.3) is 0 Å². The Bertz CT molecular complexity index is 645. The highest BCUT2D eigenvalue weighted by molar-refractivity contribution is 5.51. The molecular weight excluding hydrogens is 234 g/mol. The van der Waals surface area contributed by atoms with Crippen molar-refractivity contribution in [1.29, 1.82) is 0 Å². The number of para-hydroxylation sites is 2. The maximum atomic E-state index is 11.4. The summed E-state index contributed by atoms with van der Waals surface area (Å²) in [5.41, 5.74) is 5.63. The fourth-order valence-electron chi connectivity index (χ4n) is 1.49. The average Bonchev–Trinajstić information content (AvgIpc) is 2.36. The lowest BCUT2D eigenvalue weighted by Gasteiger charge is -2.09. The number of benzene rings is 1. The van der Waals surface area contributed by atoms with Gasteiger partial charge < -0.3 is 10.5 Å². The van der Waals surface area contributed by atoms with Crippen molar-refractivity contribution in [3.63, 3.8) is 0 Å². The molecule has 1 aromatic heterocycles. The summed E-state index contributed by atoms with van der Waals surface area (Å²) in [6.07, 6.45) is 0. The van der Waals surface area contributed by atoms with Crippen molar-refractivity contribution < 1.29 is 4.74 Å². The molecule has 0 radical (unpaired) electrons. The van der Waals surface area contributed by atoms with Gasteiger partial charge in [0.2, 0.25) is 0 Å². The summed E-state index contributed by atoms with van der Waals surface area (Å²) in [5.74, 6) is 0.559. The van der Waals surface area contributed by atoms with Gasteiger partial charge in [-0.25, -0.2) is 4.68 Å². The molecule has 0 aliphatic rings. The first-order valence-corrected chi connectivity index (χ1v) is 5.44. The number of anilines is 1.